The van der Waals surface area contributed by atoms with Crippen LogP contribution in [0.3, 0.4) is 0 Å². The summed E-state index contributed by atoms with van der Waals surface area (Å²) in [7, 11) is 3.18. The fourth-order valence-electron chi connectivity index (χ4n) is 1.84. The molecule has 5 heteroatoms. The molecule has 1 aromatic carbocycles. The first-order valence-corrected chi connectivity index (χ1v) is 6.96. The molecule has 1 aromatic heterocycles. The van der Waals surface area contributed by atoms with Gasteiger partial charge in [0, 0.05) is 16.7 Å². The molecule has 2 rings (SSSR count). The average molecular weight is 346 g/mol. The Balaban J connectivity index is 2.44. The fraction of sp³-hybridized carbons (Fsp3) is 0.286. The number of methoxy groups -OCH3 is 2. The minimum Gasteiger partial charge on any atom is -0.493 e. The van der Waals surface area contributed by atoms with E-state index in [1.54, 1.807) is 26.5 Å². The van der Waals surface area contributed by atoms with Crippen LogP contribution in [0.5, 0.6) is 11.5 Å². The van der Waals surface area contributed by atoms with Gasteiger partial charge in [0.15, 0.2) is 11.5 Å². The summed E-state index contributed by atoms with van der Waals surface area (Å²) in [6, 6.07) is 5.58. The predicted octanol–water partition coefficient (Wildman–Crippen LogP) is 4.74. The molecule has 1 heterocycles. The summed E-state index contributed by atoms with van der Waals surface area (Å²) in [5.74, 6) is 2.11. The number of rotatable bonds is 4. The van der Waals surface area contributed by atoms with Gasteiger partial charge in [0.05, 0.1) is 25.3 Å². The van der Waals surface area contributed by atoms with E-state index < -0.39 is 0 Å². The van der Waals surface area contributed by atoms with Crippen molar-refractivity contribution in [3.05, 3.63) is 46.4 Å². The van der Waals surface area contributed by atoms with Crippen molar-refractivity contribution in [1.29, 1.82) is 0 Å². The van der Waals surface area contributed by atoms with Crippen LogP contribution in [0.1, 0.15) is 21.7 Å². The van der Waals surface area contributed by atoms with Crippen LogP contribution in [0, 0.1) is 6.92 Å². The third kappa shape index (κ3) is 2.90. The van der Waals surface area contributed by atoms with Gasteiger partial charge in [-0.15, -0.1) is 0 Å². The van der Waals surface area contributed by atoms with Gasteiger partial charge in [-0.25, -0.2) is 0 Å². The molecule has 0 aliphatic heterocycles. The SMILES string of the molecule is COc1cc(Cl)c(C(Br)c2coc(C)c2)cc1OC. The molecule has 0 fully saturated rings. The molecule has 0 N–H and O–H groups in total. The second-order valence-electron chi connectivity index (χ2n) is 4.08. The zero-order chi connectivity index (χ0) is 14.0. The Labute approximate surface area is 125 Å². The summed E-state index contributed by atoms with van der Waals surface area (Å²) in [4.78, 5) is -0.0581. The van der Waals surface area contributed by atoms with Crippen molar-refractivity contribution in [2.24, 2.45) is 0 Å². The lowest BCUT2D eigenvalue weighted by molar-refractivity contribution is 0.354. The van der Waals surface area contributed by atoms with Crippen LogP contribution in [0.25, 0.3) is 0 Å². The molecule has 0 saturated carbocycles. The summed E-state index contributed by atoms with van der Waals surface area (Å²) in [5, 5.41) is 0.610. The highest BCUT2D eigenvalue weighted by atomic mass is 79.9. The first kappa shape index (κ1) is 14.3. The summed E-state index contributed by atoms with van der Waals surface area (Å²) >= 11 is 9.92. The largest absolute Gasteiger partial charge is 0.493 e. The quantitative estimate of drug-likeness (QED) is 0.750. The number of hydrogen-bond acceptors (Lipinski definition) is 3. The maximum absolute atomic E-state index is 6.29. The topological polar surface area (TPSA) is 31.6 Å². The van der Waals surface area contributed by atoms with Crippen LogP contribution in [-0.4, -0.2) is 14.2 Å². The number of ether oxygens (including phenoxy) is 2. The summed E-state index contributed by atoms with van der Waals surface area (Å²) in [6.45, 7) is 1.90. The first-order chi connectivity index (χ1) is 9.06. The molecule has 19 heavy (non-hydrogen) atoms. The van der Waals surface area contributed by atoms with Gasteiger partial charge in [-0.1, -0.05) is 27.5 Å². The van der Waals surface area contributed by atoms with Gasteiger partial charge in [-0.05, 0) is 24.6 Å². The Hall–Kier alpha value is -1.13. The second kappa shape index (κ2) is 5.88. The molecule has 0 aliphatic carbocycles. The van der Waals surface area contributed by atoms with Gasteiger partial charge in [0.25, 0.3) is 0 Å². The molecule has 102 valence electrons. The van der Waals surface area contributed by atoms with E-state index in [-0.39, 0.29) is 4.83 Å². The third-order valence-electron chi connectivity index (χ3n) is 2.82. The van der Waals surface area contributed by atoms with Gasteiger partial charge in [-0.3, -0.25) is 0 Å². The van der Waals surface area contributed by atoms with Crippen molar-refractivity contribution >= 4 is 27.5 Å². The highest BCUT2D eigenvalue weighted by Crippen LogP contribution is 2.41. The van der Waals surface area contributed by atoms with Crippen molar-refractivity contribution in [3.8, 4) is 11.5 Å². The van der Waals surface area contributed by atoms with Crippen LogP contribution in [0.15, 0.2) is 28.9 Å². The van der Waals surface area contributed by atoms with E-state index in [9.17, 15) is 0 Å². The molecular weight excluding hydrogens is 332 g/mol. The van der Waals surface area contributed by atoms with Crippen LogP contribution in [0.2, 0.25) is 5.02 Å². The number of alkyl halides is 1. The van der Waals surface area contributed by atoms with Crippen molar-refractivity contribution in [2.75, 3.05) is 14.2 Å². The molecule has 0 bridgehead atoms. The number of benzene rings is 1. The van der Waals surface area contributed by atoms with E-state index in [0.29, 0.717) is 16.5 Å². The summed E-state index contributed by atoms with van der Waals surface area (Å²) < 4.78 is 15.8. The van der Waals surface area contributed by atoms with Crippen LogP contribution in [-0.2, 0) is 0 Å². The molecule has 2 aromatic rings. The highest BCUT2D eigenvalue weighted by Gasteiger charge is 2.19. The lowest BCUT2D eigenvalue weighted by Gasteiger charge is -2.14. The maximum Gasteiger partial charge on any atom is 0.162 e. The monoisotopic (exact) mass is 344 g/mol. The summed E-state index contributed by atoms with van der Waals surface area (Å²) in [5.41, 5.74) is 1.91. The van der Waals surface area contributed by atoms with E-state index in [2.05, 4.69) is 15.9 Å². The molecule has 3 nitrogen and oxygen atoms in total. The van der Waals surface area contributed by atoms with Gasteiger partial charge in [-0.2, -0.15) is 0 Å². The minimum absolute atomic E-state index is 0.0581. The number of aryl methyl sites for hydroxylation is 1. The minimum atomic E-state index is -0.0581. The predicted molar refractivity (Wildman–Crippen MR) is 78.8 cm³/mol. The Morgan fingerprint density at radius 3 is 2.32 bits per heavy atom. The summed E-state index contributed by atoms with van der Waals surface area (Å²) in [6.07, 6.45) is 1.71. The smallest absolute Gasteiger partial charge is 0.162 e. The molecule has 0 spiro atoms. The molecule has 0 aliphatic rings. The standard InChI is InChI=1S/C14H14BrClO3/c1-8-4-9(7-19-8)14(15)10-5-12(17-2)13(18-3)6-11(10)16/h4-7,14H,1-3H3. The Bertz CT molecular complexity index is 580. The number of halogens is 2. The van der Waals surface area contributed by atoms with Gasteiger partial charge in [0.1, 0.15) is 5.76 Å². The lowest BCUT2D eigenvalue weighted by Crippen LogP contribution is -1.96. The van der Waals surface area contributed by atoms with Crippen LogP contribution < -0.4 is 9.47 Å². The van der Waals surface area contributed by atoms with Gasteiger partial charge in [0.2, 0.25) is 0 Å². The van der Waals surface area contributed by atoms with Crippen molar-refractivity contribution < 1.29 is 13.9 Å². The zero-order valence-corrected chi connectivity index (χ0v) is 13.2. The van der Waals surface area contributed by atoms with E-state index in [1.165, 1.54) is 0 Å². The van der Waals surface area contributed by atoms with Crippen molar-refractivity contribution in [3.63, 3.8) is 0 Å². The molecular formula is C14H14BrClO3. The Kier molecular flexibility index (Phi) is 4.42. The Morgan fingerprint density at radius 2 is 1.79 bits per heavy atom. The van der Waals surface area contributed by atoms with E-state index in [1.807, 2.05) is 19.1 Å². The van der Waals surface area contributed by atoms with E-state index >= 15 is 0 Å². The van der Waals surface area contributed by atoms with E-state index in [0.717, 1.165) is 16.9 Å². The number of furan rings is 1. The lowest BCUT2D eigenvalue weighted by atomic mass is 10.1. The molecule has 1 unspecified atom stereocenters. The van der Waals surface area contributed by atoms with Crippen molar-refractivity contribution in [1.82, 2.24) is 0 Å². The fourth-order valence-corrected chi connectivity index (χ4v) is 2.85. The van der Waals surface area contributed by atoms with Crippen LogP contribution >= 0.6 is 27.5 Å². The van der Waals surface area contributed by atoms with Gasteiger partial charge >= 0.3 is 0 Å². The first-order valence-electron chi connectivity index (χ1n) is 5.67. The molecule has 0 saturated heterocycles. The molecule has 0 radical (unpaired) electrons. The Morgan fingerprint density at radius 1 is 1.16 bits per heavy atom. The normalized spacial score (nSPS) is 12.3. The van der Waals surface area contributed by atoms with Crippen molar-refractivity contribution in [2.45, 2.75) is 11.8 Å². The third-order valence-corrected chi connectivity index (χ3v) is 4.17. The maximum atomic E-state index is 6.29. The number of hydrogen-bond donors (Lipinski definition) is 0. The zero-order valence-electron chi connectivity index (χ0n) is 10.9. The molecule has 0 amide bonds. The average Bonchev–Trinajstić information content (AvgIpc) is 2.84. The van der Waals surface area contributed by atoms with Gasteiger partial charge < -0.3 is 13.9 Å². The molecule has 1 atom stereocenters. The van der Waals surface area contributed by atoms with Crippen LogP contribution in [0.4, 0.5) is 0 Å². The van der Waals surface area contributed by atoms with E-state index in [4.69, 9.17) is 25.5 Å². The second-order valence-corrected chi connectivity index (χ2v) is 5.40. The highest BCUT2D eigenvalue weighted by molar-refractivity contribution is 9.09.